The van der Waals surface area contributed by atoms with Crippen LogP contribution in [0.4, 0.5) is 5.69 Å². The van der Waals surface area contributed by atoms with E-state index in [2.05, 4.69) is 48.9 Å². The van der Waals surface area contributed by atoms with E-state index < -0.39 is 0 Å². The smallest absolute Gasteiger partial charge is 0.153 e. The Bertz CT molecular complexity index is 721. The molecule has 0 atom stereocenters. The second-order valence-corrected chi connectivity index (χ2v) is 6.80. The van der Waals surface area contributed by atoms with Gasteiger partial charge in [-0.2, -0.15) is 4.68 Å². The van der Waals surface area contributed by atoms with E-state index >= 15 is 0 Å². The summed E-state index contributed by atoms with van der Waals surface area (Å²) >= 11 is 5.20. The fraction of sp³-hybridized carbons (Fsp3) is 0.154. The monoisotopic (exact) mass is 349 g/mol. The second-order valence-electron chi connectivity index (χ2n) is 4.25. The summed E-state index contributed by atoms with van der Waals surface area (Å²) in [4.78, 5) is 1.28. The molecular formula is C13H12BrN5S. The van der Waals surface area contributed by atoms with E-state index in [0.29, 0.717) is 0 Å². The van der Waals surface area contributed by atoms with Crippen molar-refractivity contribution in [2.24, 2.45) is 0 Å². The molecule has 3 aromatic rings. The number of hydrogen-bond donors (Lipinski definition) is 1. The lowest BCUT2D eigenvalue weighted by atomic mass is 10.2. The first-order chi connectivity index (χ1) is 9.72. The lowest BCUT2D eigenvalue weighted by molar-refractivity contribution is 0.779. The molecule has 102 valence electrons. The van der Waals surface area contributed by atoms with Crippen LogP contribution in [0.25, 0.3) is 5.69 Å². The summed E-state index contributed by atoms with van der Waals surface area (Å²) < 4.78 is 2.86. The van der Waals surface area contributed by atoms with Gasteiger partial charge in [-0.05, 0) is 63.6 Å². The first-order valence-electron chi connectivity index (χ1n) is 6.06. The summed E-state index contributed by atoms with van der Waals surface area (Å²) in [6.07, 6.45) is 0. The molecule has 2 aromatic heterocycles. The molecule has 0 aliphatic carbocycles. The Kier molecular flexibility index (Phi) is 3.79. The van der Waals surface area contributed by atoms with Gasteiger partial charge in [0.2, 0.25) is 0 Å². The zero-order chi connectivity index (χ0) is 13.9. The molecule has 20 heavy (non-hydrogen) atoms. The van der Waals surface area contributed by atoms with Crippen LogP contribution in [-0.2, 0) is 6.54 Å². The third-order valence-corrected chi connectivity index (χ3v) is 4.44. The molecule has 0 aliphatic heterocycles. The van der Waals surface area contributed by atoms with E-state index in [1.807, 2.05) is 31.2 Å². The van der Waals surface area contributed by atoms with Crippen molar-refractivity contribution < 1.29 is 0 Å². The van der Waals surface area contributed by atoms with Crippen LogP contribution >= 0.6 is 27.3 Å². The normalized spacial score (nSPS) is 10.7. The van der Waals surface area contributed by atoms with E-state index in [-0.39, 0.29) is 0 Å². The summed E-state index contributed by atoms with van der Waals surface area (Å²) in [7, 11) is 0. The van der Waals surface area contributed by atoms with Crippen molar-refractivity contribution >= 4 is 33.0 Å². The average Bonchev–Trinajstić information content (AvgIpc) is 3.05. The largest absolute Gasteiger partial charge is 0.380 e. The van der Waals surface area contributed by atoms with Gasteiger partial charge in [-0.3, -0.25) is 0 Å². The zero-order valence-electron chi connectivity index (χ0n) is 10.7. The van der Waals surface area contributed by atoms with Crippen LogP contribution < -0.4 is 5.32 Å². The van der Waals surface area contributed by atoms with Gasteiger partial charge in [0.05, 0.1) is 9.47 Å². The molecule has 0 radical (unpaired) electrons. The van der Waals surface area contributed by atoms with Crippen molar-refractivity contribution in [1.82, 2.24) is 20.2 Å². The number of rotatable bonds is 4. The van der Waals surface area contributed by atoms with E-state index in [0.717, 1.165) is 27.5 Å². The summed E-state index contributed by atoms with van der Waals surface area (Å²) in [6, 6.07) is 12.2. The zero-order valence-corrected chi connectivity index (χ0v) is 13.1. The third-order valence-electron chi connectivity index (χ3n) is 2.81. The molecule has 2 heterocycles. The number of aromatic nitrogens is 4. The van der Waals surface area contributed by atoms with Crippen molar-refractivity contribution in [3.05, 3.63) is 50.9 Å². The quantitative estimate of drug-likeness (QED) is 0.784. The number of tetrazole rings is 1. The van der Waals surface area contributed by atoms with Crippen LogP contribution in [0.5, 0.6) is 0 Å². The van der Waals surface area contributed by atoms with Gasteiger partial charge in [0, 0.05) is 17.1 Å². The molecule has 0 bridgehead atoms. The Hall–Kier alpha value is -1.73. The molecular weight excluding hydrogens is 338 g/mol. The summed E-state index contributed by atoms with van der Waals surface area (Å²) in [5.74, 6) is 0.768. The molecule has 0 fully saturated rings. The van der Waals surface area contributed by atoms with Gasteiger partial charge in [-0.15, -0.1) is 16.4 Å². The minimum atomic E-state index is 0.768. The van der Waals surface area contributed by atoms with Crippen LogP contribution in [0.1, 0.15) is 10.7 Å². The van der Waals surface area contributed by atoms with E-state index in [4.69, 9.17) is 0 Å². The molecule has 0 amide bonds. The van der Waals surface area contributed by atoms with Crippen LogP contribution in [0.15, 0.2) is 40.2 Å². The molecule has 0 saturated heterocycles. The highest BCUT2D eigenvalue weighted by Gasteiger charge is 2.04. The van der Waals surface area contributed by atoms with Crippen LogP contribution in [0.2, 0.25) is 0 Å². The first-order valence-corrected chi connectivity index (χ1v) is 7.67. The number of anilines is 1. The topological polar surface area (TPSA) is 55.6 Å². The van der Waals surface area contributed by atoms with Gasteiger partial charge in [0.25, 0.3) is 0 Å². The Morgan fingerprint density at radius 1 is 1.30 bits per heavy atom. The lowest BCUT2D eigenvalue weighted by Crippen LogP contribution is -2.02. The molecule has 0 saturated carbocycles. The van der Waals surface area contributed by atoms with Crippen molar-refractivity contribution in [2.75, 3.05) is 5.32 Å². The van der Waals surface area contributed by atoms with Crippen LogP contribution in [0.3, 0.4) is 0 Å². The number of aryl methyl sites for hydroxylation is 1. The lowest BCUT2D eigenvalue weighted by Gasteiger charge is -2.07. The average molecular weight is 350 g/mol. The van der Waals surface area contributed by atoms with E-state index in [1.165, 1.54) is 4.88 Å². The predicted octanol–water partition coefficient (Wildman–Crippen LogP) is 3.41. The highest BCUT2D eigenvalue weighted by molar-refractivity contribution is 9.11. The molecule has 1 N–H and O–H groups in total. The Balaban J connectivity index is 1.76. The van der Waals surface area contributed by atoms with Gasteiger partial charge in [0.1, 0.15) is 0 Å². The maximum absolute atomic E-state index is 3.97. The fourth-order valence-corrected chi connectivity index (χ4v) is 3.28. The summed E-state index contributed by atoms with van der Waals surface area (Å²) in [5.41, 5.74) is 1.99. The molecule has 1 aromatic carbocycles. The number of halogens is 1. The minimum absolute atomic E-state index is 0.768. The molecule has 0 aliphatic rings. The number of hydrogen-bond acceptors (Lipinski definition) is 5. The van der Waals surface area contributed by atoms with Gasteiger partial charge < -0.3 is 5.32 Å². The SMILES string of the molecule is Cc1nnnn1-c1cccc(NCc2ccc(Br)s2)c1. The standard InChI is InChI=1S/C13H12BrN5S/c1-9-16-17-18-19(9)11-4-2-3-10(7-11)15-8-12-5-6-13(14)20-12/h2-7,15H,8H2,1H3. The number of thiophene rings is 1. The van der Waals surface area contributed by atoms with Gasteiger partial charge in [-0.25, -0.2) is 0 Å². The first kappa shape index (κ1) is 13.3. The molecule has 5 nitrogen and oxygen atoms in total. The summed E-state index contributed by atoms with van der Waals surface area (Å²) in [6.45, 7) is 2.68. The van der Waals surface area contributed by atoms with Gasteiger partial charge >= 0.3 is 0 Å². The maximum atomic E-state index is 3.97. The summed E-state index contributed by atoms with van der Waals surface area (Å²) in [5, 5.41) is 14.9. The Labute approximate surface area is 128 Å². The molecule has 7 heteroatoms. The molecule has 3 rings (SSSR count). The highest BCUT2D eigenvalue weighted by Crippen LogP contribution is 2.23. The molecule has 0 unspecified atom stereocenters. The van der Waals surface area contributed by atoms with Gasteiger partial charge in [-0.1, -0.05) is 6.07 Å². The predicted molar refractivity (Wildman–Crippen MR) is 83.2 cm³/mol. The van der Waals surface area contributed by atoms with Crippen LogP contribution in [0, 0.1) is 6.92 Å². The van der Waals surface area contributed by atoms with E-state index in [1.54, 1.807) is 16.0 Å². The minimum Gasteiger partial charge on any atom is -0.380 e. The third kappa shape index (κ3) is 2.88. The van der Waals surface area contributed by atoms with Crippen molar-refractivity contribution in [1.29, 1.82) is 0 Å². The molecule has 0 spiro atoms. The van der Waals surface area contributed by atoms with Crippen molar-refractivity contribution in [2.45, 2.75) is 13.5 Å². The number of benzene rings is 1. The fourth-order valence-electron chi connectivity index (χ4n) is 1.85. The van der Waals surface area contributed by atoms with Gasteiger partial charge in [0.15, 0.2) is 5.82 Å². The number of nitrogens with one attached hydrogen (secondary N) is 1. The second kappa shape index (κ2) is 5.72. The highest BCUT2D eigenvalue weighted by atomic mass is 79.9. The Morgan fingerprint density at radius 3 is 2.90 bits per heavy atom. The van der Waals surface area contributed by atoms with Crippen molar-refractivity contribution in [3.8, 4) is 5.69 Å². The number of nitrogens with zero attached hydrogens (tertiary/aromatic N) is 4. The van der Waals surface area contributed by atoms with Crippen molar-refractivity contribution in [3.63, 3.8) is 0 Å². The van der Waals surface area contributed by atoms with Crippen LogP contribution in [-0.4, -0.2) is 20.2 Å². The van der Waals surface area contributed by atoms with E-state index in [9.17, 15) is 0 Å². The maximum Gasteiger partial charge on any atom is 0.153 e. The Morgan fingerprint density at radius 2 is 2.20 bits per heavy atom.